The zero-order valence-electron chi connectivity index (χ0n) is 15.6. The highest BCUT2D eigenvalue weighted by Gasteiger charge is 2.27. The van der Waals surface area contributed by atoms with E-state index in [1.807, 2.05) is 6.92 Å². The number of nitrogens with one attached hydrogen (secondary N) is 1. The summed E-state index contributed by atoms with van der Waals surface area (Å²) in [4.78, 5) is 12.5. The second kappa shape index (κ2) is 9.76. The summed E-state index contributed by atoms with van der Waals surface area (Å²) in [6.45, 7) is 4.14. The molecule has 0 aliphatic carbocycles. The SMILES string of the molecule is CCCCCNC(=O)CN(c1ccc(C)c(Cl)c1)S(=O)(=O)c1ccccc1. The molecule has 0 radical (unpaired) electrons. The fourth-order valence-electron chi connectivity index (χ4n) is 2.56. The summed E-state index contributed by atoms with van der Waals surface area (Å²) < 4.78 is 27.4. The molecule has 0 heterocycles. The fourth-order valence-corrected chi connectivity index (χ4v) is 4.17. The van der Waals surface area contributed by atoms with Gasteiger partial charge in [0.15, 0.2) is 0 Å². The number of unbranched alkanes of at least 4 members (excludes halogenated alkanes) is 2. The Morgan fingerprint density at radius 1 is 1.11 bits per heavy atom. The highest BCUT2D eigenvalue weighted by molar-refractivity contribution is 7.92. The van der Waals surface area contributed by atoms with Crippen molar-refractivity contribution in [2.24, 2.45) is 0 Å². The number of sulfonamides is 1. The Morgan fingerprint density at radius 3 is 2.44 bits per heavy atom. The molecule has 146 valence electrons. The number of benzene rings is 2. The maximum atomic E-state index is 13.1. The molecule has 1 amide bonds. The molecule has 0 aliphatic heterocycles. The number of hydrogen-bond donors (Lipinski definition) is 1. The van der Waals surface area contributed by atoms with E-state index in [2.05, 4.69) is 12.2 Å². The Hall–Kier alpha value is -2.05. The van der Waals surface area contributed by atoms with Gasteiger partial charge in [0.1, 0.15) is 6.54 Å². The number of carbonyl (C=O) groups is 1. The molecule has 0 unspecified atom stereocenters. The van der Waals surface area contributed by atoms with Crippen LogP contribution >= 0.6 is 11.6 Å². The number of carbonyl (C=O) groups excluding carboxylic acids is 1. The third-order valence-electron chi connectivity index (χ3n) is 4.16. The maximum absolute atomic E-state index is 13.1. The van der Waals surface area contributed by atoms with Crippen LogP contribution in [0.5, 0.6) is 0 Å². The average Bonchev–Trinajstić information content (AvgIpc) is 2.66. The molecule has 0 atom stereocenters. The van der Waals surface area contributed by atoms with Gasteiger partial charge in [-0.25, -0.2) is 8.42 Å². The van der Waals surface area contributed by atoms with Crippen LogP contribution in [0.4, 0.5) is 5.69 Å². The van der Waals surface area contributed by atoms with Crippen LogP contribution in [0, 0.1) is 6.92 Å². The van der Waals surface area contributed by atoms with Gasteiger partial charge in [-0.15, -0.1) is 0 Å². The molecule has 2 aromatic carbocycles. The summed E-state index contributed by atoms with van der Waals surface area (Å²) in [6, 6.07) is 13.0. The molecule has 0 saturated carbocycles. The first-order valence-corrected chi connectivity index (χ1v) is 10.8. The van der Waals surface area contributed by atoms with E-state index in [4.69, 9.17) is 11.6 Å². The molecule has 2 aromatic rings. The molecule has 5 nitrogen and oxygen atoms in total. The van der Waals surface area contributed by atoms with Gasteiger partial charge < -0.3 is 5.32 Å². The normalized spacial score (nSPS) is 11.2. The van der Waals surface area contributed by atoms with Crippen LogP contribution in [-0.4, -0.2) is 27.4 Å². The number of hydrogen-bond acceptors (Lipinski definition) is 3. The van der Waals surface area contributed by atoms with Crippen molar-refractivity contribution >= 4 is 33.2 Å². The standard InChI is InChI=1S/C20H25ClN2O3S/c1-3-4-8-13-22-20(24)15-23(17-12-11-16(2)19(21)14-17)27(25,26)18-9-6-5-7-10-18/h5-7,9-12,14H,3-4,8,13,15H2,1-2H3,(H,22,24). The molecular formula is C20H25ClN2O3S. The van der Waals surface area contributed by atoms with Crippen molar-refractivity contribution in [2.45, 2.75) is 38.0 Å². The van der Waals surface area contributed by atoms with Crippen molar-refractivity contribution in [1.82, 2.24) is 5.32 Å². The highest BCUT2D eigenvalue weighted by Crippen LogP contribution is 2.27. The van der Waals surface area contributed by atoms with Crippen molar-refractivity contribution in [3.05, 3.63) is 59.1 Å². The van der Waals surface area contributed by atoms with Gasteiger partial charge in [-0.2, -0.15) is 0 Å². The van der Waals surface area contributed by atoms with E-state index in [9.17, 15) is 13.2 Å². The summed E-state index contributed by atoms with van der Waals surface area (Å²) in [7, 11) is -3.90. The number of anilines is 1. The molecule has 0 fully saturated rings. The van der Waals surface area contributed by atoms with E-state index in [1.54, 1.807) is 36.4 Å². The van der Waals surface area contributed by atoms with Crippen LogP contribution in [0.3, 0.4) is 0 Å². The topological polar surface area (TPSA) is 66.5 Å². The Labute approximate surface area is 166 Å². The van der Waals surface area contributed by atoms with Crippen LogP contribution in [0.2, 0.25) is 5.02 Å². The largest absolute Gasteiger partial charge is 0.355 e. The Morgan fingerprint density at radius 2 is 1.81 bits per heavy atom. The quantitative estimate of drug-likeness (QED) is 0.634. The molecule has 0 aromatic heterocycles. The fraction of sp³-hybridized carbons (Fsp3) is 0.350. The molecule has 1 N–H and O–H groups in total. The second-order valence-electron chi connectivity index (χ2n) is 6.32. The molecule has 0 bridgehead atoms. The summed E-state index contributed by atoms with van der Waals surface area (Å²) >= 11 is 6.19. The lowest BCUT2D eigenvalue weighted by molar-refractivity contribution is -0.119. The van der Waals surface area contributed by atoms with Crippen LogP contribution < -0.4 is 9.62 Å². The monoisotopic (exact) mass is 408 g/mol. The Bertz CT molecular complexity index is 870. The van der Waals surface area contributed by atoms with Gasteiger partial charge >= 0.3 is 0 Å². The highest BCUT2D eigenvalue weighted by atomic mass is 35.5. The first-order valence-electron chi connectivity index (χ1n) is 8.97. The van der Waals surface area contributed by atoms with Crippen molar-refractivity contribution in [2.75, 3.05) is 17.4 Å². The van der Waals surface area contributed by atoms with Gasteiger partial charge in [0.25, 0.3) is 10.0 Å². The van der Waals surface area contributed by atoms with Gasteiger partial charge in [0, 0.05) is 11.6 Å². The molecule has 0 saturated heterocycles. The first-order chi connectivity index (χ1) is 12.9. The zero-order chi connectivity index (χ0) is 19.9. The lowest BCUT2D eigenvalue weighted by Crippen LogP contribution is -2.41. The third-order valence-corrected chi connectivity index (χ3v) is 6.36. The second-order valence-corrected chi connectivity index (χ2v) is 8.58. The van der Waals surface area contributed by atoms with Crippen molar-refractivity contribution in [3.63, 3.8) is 0 Å². The van der Waals surface area contributed by atoms with Gasteiger partial charge in [0.05, 0.1) is 10.6 Å². The molecule has 2 rings (SSSR count). The van der Waals surface area contributed by atoms with Gasteiger partial charge in [-0.05, 0) is 43.2 Å². The molecule has 0 aliphatic rings. The Kier molecular flexibility index (Phi) is 7.68. The van der Waals surface area contributed by atoms with E-state index < -0.39 is 10.0 Å². The number of amides is 1. The van der Waals surface area contributed by atoms with Crippen LogP contribution in [0.1, 0.15) is 31.7 Å². The van der Waals surface area contributed by atoms with Crippen LogP contribution in [-0.2, 0) is 14.8 Å². The summed E-state index contributed by atoms with van der Waals surface area (Å²) in [5.74, 6) is -0.345. The zero-order valence-corrected chi connectivity index (χ0v) is 17.2. The predicted molar refractivity (Wildman–Crippen MR) is 110 cm³/mol. The number of nitrogens with zero attached hydrogens (tertiary/aromatic N) is 1. The average molecular weight is 409 g/mol. The van der Waals surface area contributed by atoms with Crippen LogP contribution in [0.25, 0.3) is 0 Å². The summed E-state index contributed by atoms with van der Waals surface area (Å²) in [5.41, 5.74) is 1.19. The van der Waals surface area contributed by atoms with Crippen molar-refractivity contribution in [1.29, 1.82) is 0 Å². The summed E-state index contributed by atoms with van der Waals surface area (Å²) in [6.07, 6.45) is 2.93. The van der Waals surface area contributed by atoms with E-state index >= 15 is 0 Å². The third kappa shape index (κ3) is 5.71. The lowest BCUT2D eigenvalue weighted by Gasteiger charge is -2.24. The van der Waals surface area contributed by atoms with E-state index in [0.29, 0.717) is 17.3 Å². The van der Waals surface area contributed by atoms with E-state index in [0.717, 1.165) is 29.1 Å². The predicted octanol–water partition coefficient (Wildman–Crippen LogP) is 4.15. The van der Waals surface area contributed by atoms with Gasteiger partial charge in [-0.1, -0.05) is 55.6 Å². The molecule has 7 heteroatoms. The van der Waals surface area contributed by atoms with Crippen molar-refractivity contribution in [3.8, 4) is 0 Å². The minimum Gasteiger partial charge on any atom is -0.355 e. The Balaban J connectivity index is 2.31. The van der Waals surface area contributed by atoms with E-state index in [-0.39, 0.29) is 17.3 Å². The van der Waals surface area contributed by atoms with Gasteiger partial charge in [-0.3, -0.25) is 9.10 Å². The van der Waals surface area contributed by atoms with Crippen LogP contribution in [0.15, 0.2) is 53.4 Å². The first kappa shape index (κ1) is 21.3. The maximum Gasteiger partial charge on any atom is 0.264 e. The number of rotatable bonds is 9. The smallest absolute Gasteiger partial charge is 0.264 e. The number of halogens is 1. The summed E-state index contributed by atoms with van der Waals surface area (Å²) in [5, 5.41) is 3.24. The van der Waals surface area contributed by atoms with Gasteiger partial charge in [0.2, 0.25) is 5.91 Å². The minimum atomic E-state index is -3.90. The van der Waals surface area contributed by atoms with E-state index in [1.165, 1.54) is 12.1 Å². The van der Waals surface area contributed by atoms with Crippen molar-refractivity contribution < 1.29 is 13.2 Å². The molecule has 0 spiro atoms. The molecule has 27 heavy (non-hydrogen) atoms. The number of aryl methyl sites for hydroxylation is 1. The minimum absolute atomic E-state index is 0.125. The lowest BCUT2D eigenvalue weighted by atomic mass is 10.2. The molecular weight excluding hydrogens is 384 g/mol.